The van der Waals surface area contributed by atoms with Crippen LogP contribution >= 0.6 is 31.9 Å². The molecule has 0 aliphatic heterocycles. The minimum atomic E-state index is -0.993. The first kappa shape index (κ1) is 15.9. The zero-order valence-electron chi connectivity index (χ0n) is 11.1. The molecule has 2 aromatic rings. The molecule has 2 aromatic carbocycles. The molecule has 0 aromatic heterocycles. The molecule has 0 radical (unpaired) electrons. The van der Waals surface area contributed by atoms with Gasteiger partial charge in [-0.3, -0.25) is 0 Å². The van der Waals surface area contributed by atoms with Crippen LogP contribution in [0.4, 0.5) is 0 Å². The third kappa shape index (κ3) is 3.98. The van der Waals surface area contributed by atoms with Gasteiger partial charge in [0.15, 0.2) is 0 Å². The SMILES string of the molecule is COc1ccc(Br)cc1COc1cc(C(=O)O)ccc1Br. The lowest BCUT2D eigenvalue weighted by Crippen LogP contribution is -2.01. The summed E-state index contributed by atoms with van der Waals surface area (Å²) < 4.78 is 12.6. The number of aromatic carboxylic acids is 1. The Morgan fingerprint density at radius 3 is 2.57 bits per heavy atom. The molecule has 0 fully saturated rings. The predicted octanol–water partition coefficient (Wildman–Crippen LogP) is 4.50. The van der Waals surface area contributed by atoms with Crippen LogP contribution < -0.4 is 9.47 Å². The molecule has 21 heavy (non-hydrogen) atoms. The van der Waals surface area contributed by atoms with Crippen molar-refractivity contribution >= 4 is 37.8 Å². The van der Waals surface area contributed by atoms with Crippen LogP contribution in [-0.2, 0) is 6.61 Å². The number of methoxy groups -OCH3 is 1. The second-order valence-corrected chi connectivity index (χ2v) is 5.97. The van der Waals surface area contributed by atoms with Crippen LogP contribution in [0.25, 0.3) is 0 Å². The van der Waals surface area contributed by atoms with Crippen molar-refractivity contribution in [3.63, 3.8) is 0 Å². The Balaban J connectivity index is 2.22. The highest BCUT2D eigenvalue weighted by molar-refractivity contribution is 9.10. The van der Waals surface area contributed by atoms with Crippen LogP contribution in [0.3, 0.4) is 0 Å². The fourth-order valence-electron chi connectivity index (χ4n) is 1.76. The van der Waals surface area contributed by atoms with Crippen molar-refractivity contribution in [3.8, 4) is 11.5 Å². The smallest absolute Gasteiger partial charge is 0.335 e. The van der Waals surface area contributed by atoms with Crippen LogP contribution in [0.15, 0.2) is 45.3 Å². The standard InChI is InChI=1S/C15H12Br2O4/c1-20-13-5-3-11(16)6-10(13)8-21-14-7-9(15(18)19)2-4-12(14)17/h2-7H,8H2,1H3,(H,18,19). The zero-order valence-corrected chi connectivity index (χ0v) is 14.3. The second kappa shape index (κ2) is 6.95. The van der Waals surface area contributed by atoms with Crippen molar-refractivity contribution in [1.29, 1.82) is 0 Å². The Labute approximate surface area is 139 Å². The summed E-state index contributed by atoms with van der Waals surface area (Å²) in [5, 5.41) is 9.01. The molecule has 0 aliphatic rings. The highest BCUT2D eigenvalue weighted by Crippen LogP contribution is 2.29. The van der Waals surface area contributed by atoms with Gasteiger partial charge in [-0.2, -0.15) is 0 Å². The van der Waals surface area contributed by atoms with E-state index in [1.807, 2.05) is 18.2 Å². The third-order valence-corrected chi connectivity index (χ3v) is 3.95. The van der Waals surface area contributed by atoms with Gasteiger partial charge >= 0.3 is 5.97 Å². The fraction of sp³-hybridized carbons (Fsp3) is 0.133. The maximum absolute atomic E-state index is 11.0. The lowest BCUT2D eigenvalue weighted by atomic mass is 10.2. The molecule has 0 saturated heterocycles. The molecular formula is C15H12Br2O4. The number of rotatable bonds is 5. The Morgan fingerprint density at radius 2 is 1.90 bits per heavy atom. The number of carboxylic acids is 1. The minimum Gasteiger partial charge on any atom is -0.496 e. The molecule has 0 aliphatic carbocycles. The van der Waals surface area contributed by atoms with Gasteiger partial charge in [-0.1, -0.05) is 15.9 Å². The highest BCUT2D eigenvalue weighted by atomic mass is 79.9. The maximum Gasteiger partial charge on any atom is 0.335 e. The van der Waals surface area contributed by atoms with Crippen LogP contribution in [-0.4, -0.2) is 18.2 Å². The second-order valence-electron chi connectivity index (χ2n) is 4.20. The molecule has 0 spiro atoms. The Bertz CT molecular complexity index is 671. The molecule has 0 unspecified atom stereocenters. The fourth-order valence-corrected chi connectivity index (χ4v) is 2.53. The van der Waals surface area contributed by atoms with Crippen molar-refractivity contribution in [2.45, 2.75) is 6.61 Å². The van der Waals surface area contributed by atoms with E-state index in [0.717, 1.165) is 10.0 Å². The van der Waals surface area contributed by atoms with Gasteiger partial charge in [0.25, 0.3) is 0 Å². The summed E-state index contributed by atoms with van der Waals surface area (Å²) in [4.78, 5) is 11.0. The van der Waals surface area contributed by atoms with Crippen molar-refractivity contribution in [1.82, 2.24) is 0 Å². The average molecular weight is 416 g/mol. The predicted molar refractivity (Wildman–Crippen MR) is 86.1 cm³/mol. The first-order valence-electron chi connectivity index (χ1n) is 5.99. The van der Waals surface area contributed by atoms with Gasteiger partial charge in [0, 0.05) is 10.0 Å². The van der Waals surface area contributed by atoms with E-state index in [4.69, 9.17) is 14.6 Å². The summed E-state index contributed by atoms with van der Waals surface area (Å²) in [6, 6.07) is 10.3. The molecule has 0 atom stereocenters. The van der Waals surface area contributed by atoms with Crippen molar-refractivity contribution in [3.05, 3.63) is 56.5 Å². The topological polar surface area (TPSA) is 55.8 Å². The molecule has 0 heterocycles. The van der Waals surface area contributed by atoms with Gasteiger partial charge in [0.2, 0.25) is 0 Å². The van der Waals surface area contributed by atoms with E-state index in [9.17, 15) is 4.79 Å². The Hall–Kier alpha value is -1.53. The van der Waals surface area contributed by atoms with Crippen LogP contribution in [0.2, 0.25) is 0 Å². The minimum absolute atomic E-state index is 0.175. The number of hydrogen-bond acceptors (Lipinski definition) is 3. The molecule has 1 N–H and O–H groups in total. The quantitative estimate of drug-likeness (QED) is 0.781. The molecule has 6 heteroatoms. The van der Waals surface area contributed by atoms with Crippen molar-refractivity contribution < 1.29 is 19.4 Å². The van der Waals surface area contributed by atoms with Gasteiger partial charge in [0.05, 0.1) is 17.1 Å². The number of carboxylic acid groups (broad SMARTS) is 1. The van der Waals surface area contributed by atoms with Gasteiger partial charge in [-0.25, -0.2) is 4.79 Å². The summed E-state index contributed by atoms with van der Waals surface area (Å²) >= 11 is 6.74. The van der Waals surface area contributed by atoms with E-state index >= 15 is 0 Å². The first-order chi connectivity index (χ1) is 10.0. The van der Waals surface area contributed by atoms with Gasteiger partial charge < -0.3 is 14.6 Å². The lowest BCUT2D eigenvalue weighted by Gasteiger charge is -2.12. The molecule has 110 valence electrons. The van der Waals surface area contributed by atoms with E-state index < -0.39 is 5.97 Å². The van der Waals surface area contributed by atoms with Crippen LogP contribution in [0.5, 0.6) is 11.5 Å². The van der Waals surface area contributed by atoms with E-state index in [1.54, 1.807) is 13.2 Å². The van der Waals surface area contributed by atoms with Gasteiger partial charge in [-0.05, 0) is 52.3 Å². The largest absolute Gasteiger partial charge is 0.496 e. The summed E-state index contributed by atoms with van der Waals surface area (Å²) in [5.41, 5.74) is 1.04. The first-order valence-corrected chi connectivity index (χ1v) is 7.58. The summed E-state index contributed by atoms with van der Waals surface area (Å²) in [7, 11) is 1.59. The zero-order chi connectivity index (χ0) is 15.4. The number of ether oxygens (including phenoxy) is 2. The molecule has 0 bridgehead atoms. The van der Waals surface area contributed by atoms with E-state index in [0.29, 0.717) is 16.0 Å². The molecule has 0 amide bonds. The Kier molecular flexibility index (Phi) is 5.25. The van der Waals surface area contributed by atoms with Gasteiger partial charge in [0.1, 0.15) is 18.1 Å². The maximum atomic E-state index is 11.0. The average Bonchev–Trinajstić information content (AvgIpc) is 2.46. The Morgan fingerprint density at radius 1 is 1.14 bits per heavy atom. The number of halogens is 2. The number of benzene rings is 2. The number of hydrogen-bond donors (Lipinski definition) is 1. The normalized spacial score (nSPS) is 10.2. The molecule has 0 saturated carbocycles. The lowest BCUT2D eigenvalue weighted by molar-refractivity contribution is 0.0696. The number of carbonyl (C=O) groups is 1. The monoisotopic (exact) mass is 414 g/mol. The van der Waals surface area contributed by atoms with Gasteiger partial charge in [-0.15, -0.1) is 0 Å². The van der Waals surface area contributed by atoms with E-state index in [2.05, 4.69) is 31.9 Å². The summed E-state index contributed by atoms with van der Waals surface area (Å²) in [5.74, 6) is 0.188. The highest BCUT2D eigenvalue weighted by Gasteiger charge is 2.10. The summed E-state index contributed by atoms with van der Waals surface area (Å²) in [6.07, 6.45) is 0. The van der Waals surface area contributed by atoms with Crippen LogP contribution in [0.1, 0.15) is 15.9 Å². The van der Waals surface area contributed by atoms with E-state index in [1.165, 1.54) is 12.1 Å². The van der Waals surface area contributed by atoms with Crippen LogP contribution in [0, 0.1) is 0 Å². The third-order valence-electron chi connectivity index (χ3n) is 2.80. The molecule has 4 nitrogen and oxygen atoms in total. The van der Waals surface area contributed by atoms with Crippen molar-refractivity contribution in [2.24, 2.45) is 0 Å². The molecule has 2 rings (SSSR count). The van der Waals surface area contributed by atoms with Crippen molar-refractivity contribution in [2.75, 3.05) is 7.11 Å². The molecular weight excluding hydrogens is 404 g/mol. The van der Waals surface area contributed by atoms with E-state index in [-0.39, 0.29) is 12.2 Å². The summed E-state index contributed by atoms with van der Waals surface area (Å²) in [6.45, 7) is 0.268.